The first kappa shape index (κ1) is 17.4. The highest BCUT2D eigenvalue weighted by atomic mass is 79.9. The Kier molecular flexibility index (Phi) is 5.54. The molecule has 1 unspecified atom stereocenters. The normalized spacial score (nSPS) is 16.2. The minimum atomic E-state index is 0.0799. The van der Waals surface area contributed by atoms with Crippen molar-refractivity contribution in [3.05, 3.63) is 50.5 Å². The van der Waals surface area contributed by atoms with E-state index in [1.165, 1.54) is 18.4 Å². The van der Waals surface area contributed by atoms with Gasteiger partial charge in [-0.1, -0.05) is 40.9 Å². The van der Waals surface area contributed by atoms with E-state index in [4.69, 9.17) is 4.98 Å². The Labute approximate surface area is 151 Å². The molecule has 1 aromatic carbocycles. The molecule has 2 aromatic rings. The van der Waals surface area contributed by atoms with Gasteiger partial charge in [0.25, 0.3) is 5.56 Å². The van der Waals surface area contributed by atoms with Crippen LogP contribution in [0.4, 0.5) is 0 Å². The Bertz CT molecular complexity index is 822. The summed E-state index contributed by atoms with van der Waals surface area (Å²) in [7, 11) is 0. The fourth-order valence-electron chi connectivity index (χ4n) is 3.73. The molecule has 0 bridgehead atoms. The molecule has 128 valence electrons. The lowest BCUT2D eigenvalue weighted by molar-refractivity contribution is 0.541. The largest absolute Gasteiger partial charge is 0.296 e. The van der Waals surface area contributed by atoms with Crippen LogP contribution in [-0.4, -0.2) is 9.55 Å². The van der Waals surface area contributed by atoms with Crippen LogP contribution < -0.4 is 5.56 Å². The first-order chi connectivity index (χ1) is 11.7. The SMILES string of the molecule is CCCC(C1=CCCCC1)c1nc2ccc(Br)cc2c(=O)n1CC. The van der Waals surface area contributed by atoms with E-state index in [9.17, 15) is 4.79 Å². The molecule has 0 aliphatic heterocycles. The van der Waals surface area contributed by atoms with E-state index in [1.54, 1.807) is 0 Å². The fourth-order valence-corrected chi connectivity index (χ4v) is 4.09. The average Bonchev–Trinajstić information content (AvgIpc) is 2.61. The summed E-state index contributed by atoms with van der Waals surface area (Å²) in [5.74, 6) is 1.23. The Morgan fingerprint density at radius 3 is 2.79 bits per heavy atom. The summed E-state index contributed by atoms with van der Waals surface area (Å²) in [5, 5.41) is 0.697. The number of hydrogen-bond donors (Lipinski definition) is 0. The number of hydrogen-bond acceptors (Lipinski definition) is 2. The minimum absolute atomic E-state index is 0.0799. The smallest absolute Gasteiger partial charge is 0.261 e. The van der Waals surface area contributed by atoms with Crippen LogP contribution >= 0.6 is 15.9 Å². The maximum absolute atomic E-state index is 13.0. The van der Waals surface area contributed by atoms with Crippen molar-refractivity contribution in [2.45, 2.75) is 64.8 Å². The lowest BCUT2D eigenvalue weighted by Gasteiger charge is -2.25. The predicted octanol–water partition coefficient (Wildman–Crippen LogP) is 5.56. The standard InChI is InChI=1S/C20H25BrN2O/c1-3-8-16(14-9-6-5-7-10-14)19-22-18-12-11-15(21)13-17(18)20(24)23(19)4-2/h9,11-13,16H,3-8,10H2,1-2H3. The zero-order valence-corrected chi connectivity index (χ0v) is 16.1. The number of halogens is 1. The van der Waals surface area contributed by atoms with Crippen LogP contribution in [0.15, 0.2) is 39.1 Å². The van der Waals surface area contributed by atoms with Crippen molar-refractivity contribution in [1.29, 1.82) is 0 Å². The maximum Gasteiger partial charge on any atom is 0.261 e. The summed E-state index contributed by atoms with van der Waals surface area (Å²) in [6, 6.07) is 5.79. The second-order valence-corrected chi connectivity index (χ2v) is 7.46. The van der Waals surface area contributed by atoms with Gasteiger partial charge < -0.3 is 0 Å². The Hall–Kier alpha value is -1.42. The van der Waals surface area contributed by atoms with E-state index in [1.807, 2.05) is 29.7 Å². The topological polar surface area (TPSA) is 34.9 Å². The van der Waals surface area contributed by atoms with Crippen molar-refractivity contribution in [2.75, 3.05) is 0 Å². The van der Waals surface area contributed by atoms with Gasteiger partial charge in [-0.3, -0.25) is 9.36 Å². The molecule has 1 aliphatic rings. The van der Waals surface area contributed by atoms with Crippen LogP contribution in [0.3, 0.4) is 0 Å². The number of allylic oxidation sites excluding steroid dienone is 2. The lowest BCUT2D eigenvalue weighted by Crippen LogP contribution is -2.27. The quantitative estimate of drug-likeness (QED) is 0.628. The molecule has 3 rings (SSSR count). The zero-order valence-electron chi connectivity index (χ0n) is 14.5. The highest BCUT2D eigenvalue weighted by molar-refractivity contribution is 9.10. The second-order valence-electron chi connectivity index (χ2n) is 6.55. The van der Waals surface area contributed by atoms with Gasteiger partial charge in [0.15, 0.2) is 0 Å². The number of aromatic nitrogens is 2. The summed E-state index contributed by atoms with van der Waals surface area (Å²) in [6.07, 6.45) is 9.38. The van der Waals surface area contributed by atoms with Crippen molar-refractivity contribution >= 4 is 26.8 Å². The van der Waals surface area contributed by atoms with Gasteiger partial charge in [-0.05, 0) is 57.2 Å². The Morgan fingerprint density at radius 1 is 1.29 bits per heavy atom. The highest BCUT2D eigenvalue weighted by Gasteiger charge is 2.23. The van der Waals surface area contributed by atoms with Crippen LogP contribution in [0.2, 0.25) is 0 Å². The molecule has 1 heterocycles. The molecular formula is C20H25BrN2O. The van der Waals surface area contributed by atoms with Gasteiger partial charge in [0.2, 0.25) is 0 Å². The van der Waals surface area contributed by atoms with E-state index in [2.05, 4.69) is 28.9 Å². The molecule has 4 heteroatoms. The zero-order chi connectivity index (χ0) is 17.1. The van der Waals surface area contributed by atoms with Gasteiger partial charge in [0.05, 0.1) is 10.9 Å². The third-order valence-electron chi connectivity index (χ3n) is 4.92. The van der Waals surface area contributed by atoms with E-state index in [0.717, 1.165) is 41.5 Å². The second kappa shape index (κ2) is 7.64. The first-order valence-electron chi connectivity index (χ1n) is 9.04. The molecule has 0 fully saturated rings. The number of rotatable bonds is 5. The van der Waals surface area contributed by atoms with Crippen molar-refractivity contribution in [3.8, 4) is 0 Å². The Balaban J connectivity index is 2.20. The molecule has 1 atom stereocenters. The molecule has 0 spiro atoms. The highest BCUT2D eigenvalue weighted by Crippen LogP contribution is 2.34. The summed E-state index contributed by atoms with van der Waals surface area (Å²) in [4.78, 5) is 18.0. The van der Waals surface area contributed by atoms with E-state index < -0.39 is 0 Å². The lowest BCUT2D eigenvalue weighted by atomic mass is 9.85. The van der Waals surface area contributed by atoms with Crippen LogP contribution in [0.5, 0.6) is 0 Å². The molecule has 0 amide bonds. The molecule has 3 nitrogen and oxygen atoms in total. The van der Waals surface area contributed by atoms with Gasteiger partial charge in [-0.2, -0.15) is 0 Å². The molecule has 0 radical (unpaired) electrons. The summed E-state index contributed by atoms with van der Waals surface area (Å²) >= 11 is 3.46. The Morgan fingerprint density at radius 2 is 2.12 bits per heavy atom. The monoisotopic (exact) mass is 388 g/mol. The third kappa shape index (κ3) is 3.34. The van der Waals surface area contributed by atoms with E-state index in [0.29, 0.717) is 11.9 Å². The minimum Gasteiger partial charge on any atom is -0.296 e. The molecule has 1 aromatic heterocycles. The van der Waals surface area contributed by atoms with Crippen LogP contribution in [0, 0.1) is 0 Å². The number of benzene rings is 1. The van der Waals surface area contributed by atoms with Gasteiger partial charge in [0.1, 0.15) is 5.82 Å². The summed E-state index contributed by atoms with van der Waals surface area (Å²) in [5.41, 5.74) is 2.37. The van der Waals surface area contributed by atoms with E-state index in [-0.39, 0.29) is 11.5 Å². The molecule has 1 aliphatic carbocycles. The van der Waals surface area contributed by atoms with Crippen molar-refractivity contribution in [1.82, 2.24) is 9.55 Å². The average molecular weight is 389 g/mol. The van der Waals surface area contributed by atoms with Crippen molar-refractivity contribution in [2.24, 2.45) is 0 Å². The summed E-state index contributed by atoms with van der Waals surface area (Å²) in [6.45, 7) is 4.91. The van der Waals surface area contributed by atoms with Crippen molar-refractivity contribution in [3.63, 3.8) is 0 Å². The van der Waals surface area contributed by atoms with Crippen LogP contribution in [0.1, 0.15) is 64.1 Å². The molecule has 24 heavy (non-hydrogen) atoms. The predicted molar refractivity (Wildman–Crippen MR) is 104 cm³/mol. The van der Waals surface area contributed by atoms with Crippen LogP contribution in [-0.2, 0) is 6.54 Å². The summed E-state index contributed by atoms with van der Waals surface area (Å²) < 4.78 is 2.80. The number of nitrogens with zero attached hydrogens (tertiary/aromatic N) is 2. The van der Waals surface area contributed by atoms with E-state index >= 15 is 0 Å². The van der Waals surface area contributed by atoms with Crippen molar-refractivity contribution < 1.29 is 0 Å². The molecule has 0 N–H and O–H groups in total. The van der Waals surface area contributed by atoms with Gasteiger partial charge >= 0.3 is 0 Å². The van der Waals surface area contributed by atoms with Gasteiger partial charge in [-0.25, -0.2) is 4.98 Å². The molecular weight excluding hydrogens is 364 g/mol. The van der Waals surface area contributed by atoms with Gasteiger partial charge in [-0.15, -0.1) is 0 Å². The first-order valence-corrected chi connectivity index (χ1v) is 9.84. The molecule has 0 saturated heterocycles. The van der Waals surface area contributed by atoms with Gasteiger partial charge in [0, 0.05) is 16.9 Å². The fraction of sp³-hybridized carbons (Fsp3) is 0.500. The molecule has 0 saturated carbocycles. The number of fused-ring (bicyclic) bond motifs is 1. The third-order valence-corrected chi connectivity index (χ3v) is 5.42. The maximum atomic E-state index is 13.0. The van der Waals surface area contributed by atoms with Crippen LogP contribution in [0.25, 0.3) is 10.9 Å².